The number of hydrogen-bond donors (Lipinski definition) is 2. The molecule has 1 aromatic carbocycles. The summed E-state index contributed by atoms with van der Waals surface area (Å²) >= 11 is 0. The largest absolute Gasteiger partial charge is 0.497 e. The summed E-state index contributed by atoms with van der Waals surface area (Å²) in [4.78, 5) is 18.4. The molecule has 0 unspecified atom stereocenters. The Morgan fingerprint density at radius 2 is 1.78 bits per heavy atom. The number of aliphatic imine (C=N–C) groups is 1. The minimum Gasteiger partial charge on any atom is -0.497 e. The van der Waals surface area contributed by atoms with Gasteiger partial charge in [-0.05, 0) is 31.2 Å². The lowest BCUT2D eigenvalue weighted by atomic mass is 9.96. The van der Waals surface area contributed by atoms with Gasteiger partial charge in [-0.15, -0.1) is 0 Å². The van der Waals surface area contributed by atoms with Crippen LogP contribution in [-0.2, 0) is 4.79 Å². The van der Waals surface area contributed by atoms with Gasteiger partial charge in [-0.2, -0.15) is 0 Å². The van der Waals surface area contributed by atoms with Crippen LogP contribution in [0, 0.1) is 5.41 Å². The van der Waals surface area contributed by atoms with Crippen molar-refractivity contribution in [3.8, 4) is 11.5 Å². The van der Waals surface area contributed by atoms with Gasteiger partial charge in [0, 0.05) is 25.6 Å². The first-order chi connectivity index (χ1) is 12.8. The number of nitrogens with zero attached hydrogens (tertiary/aromatic N) is 2. The highest BCUT2D eigenvalue weighted by molar-refractivity contribution is 5.81. The van der Waals surface area contributed by atoms with Crippen LogP contribution < -0.4 is 20.1 Å². The summed E-state index contributed by atoms with van der Waals surface area (Å²) in [6, 6.07) is 7.51. The molecule has 0 aromatic heterocycles. The average molecular weight is 379 g/mol. The summed E-state index contributed by atoms with van der Waals surface area (Å²) in [6.45, 7) is 10.7. The van der Waals surface area contributed by atoms with Crippen molar-refractivity contribution in [2.24, 2.45) is 10.4 Å². The first kappa shape index (κ1) is 22.6. The molecule has 0 heterocycles. The predicted octanol–water partition coefficient (Wildman–Crippen LogP) is 2.13. The van der Waals surface area contributed by atoms with Gasteiger partial charge in [-0.1, -0.05) is 20.8 Å². The van der Waals surface area contributed by atoms with E-state index in [4.69, 9.17) is 9.47 Å². The summed E-state index contributed by atoms with van der Waals surface area (Å²) in [5.74, 6) is 2.43. The third-order valence-corrected chi connectivity index (χ3v) is 3.79. The van der Waals surface area contributed by atoms with Gasteiger partial charge in [0.25, 0.3) is 0 Å². The molecule has 1 rings (SSSR count). The molecule has 7 heteroatoms. The molecular weight excluding hydrogens is 344 g/mol. The first-order valence-electron chi connectivity index (χ1n) is 9.32. The predicted molar refractivity (Wildman–Crippen MR) is 110 cm³/mol. The fourth-order valence-corrected chi connectivity index (χ4v) is 2.14. The van der Waals surface area contributed by atoms with Crippen LogP contribution in [0.1, 0.15) is 27.7 Å². The molecule has 0 fully saturated rings. The number of amides is 1. The van der Waals surface area contributed by atoms with Gasteiger partial charge in [0.15, 0.2) is 5.96 Å². The Morgan fingerprint density at radius 3 is 2.33 bits per heavy atom. The molecule has 0 aliphatic heterocycles. The van der Waals surface area contributed by atoms with Crippen molar-refractivity contribution in [1.82, 2.24) is 15.5 Å². The van der Waals surface area contributed by atoms with Gasteiger partial charge in [0.2, 0.25) is 5.91 Å². The summed E-state index contributed by atoms with van der Waals surface area (Å²) in [5, 5.41) is 6.16. The monoisotopic (exact) mass is 378 g/mol. The SMILES string of the molecule is CCNC(=NCCNC(=O)C(C)(C)C)N(C)CCOc1ccc(OC)cc1. The molecule has 0 radical (unpaired) electrons. The van der Waals surface area contributed by atoms with E-state index in [-0.39, 0.29) is 11.3 Å². The van der Waals surface area contributed by atoms with Gasteiger partial charge in [0.1, 0.15) is 18.1 Å². The highest BCUT2D eigenvalue weighted by Gasteiger charge is 2.20. The van der Waals surface area contributed by atoms with E-state index < -0.39 is 0 Å². The molecule has 1 amide bonds. The van der Waals surface area contributed by atoms with E-state index in [0.717, 1.165) is 24.0 Å². The van der Waals surface area contributed by atoms with Gasteiger partial charge in [-0.3, -0.25) is 9.79 Å². The number of carbonyl (C=O) groups excluding carboxylic acids is 1. The zero-order chi connectivity index (χ0) is 20.3. The van der Waals surface area contributed by atoms with Gasteiger partial charge >= 0.3 is 0 Å². The van der Waals surface area contributed by atoms with Crippen molar-refractivity contribution < 1.29 is 14.3 Å². The van der Waals surface area contributed by atoms with E-state index in [9.17, 15) is 4.79 Å². The summed E-state index contributed by atoms with van der Waals surface area (Å²) in [7, 11) is 3.60. The zero-order valence-corrected chi connectivity index (χ0v) is 17.5. The van der Waals surface area contributed by atoms with Crippen LogP contribution in [0.4, 0.5) is 0 Å². The summed E-state index contributed by atoms with van der Waals surface area (Å²) in [6.07, 6.45) is 0. The number of hydrogen-bond acceptors (Lipinski definition) is 4. The van der Waals surface area contributed by atoms with Crippen LogP contribution in [0.5, 0.6) is 11.5 Å². The normalized spacial score (nSPS) is 11.7. The number of ether oxygens (including phenoxy) is 2. The zero-order valence-electron chi connectivity index (χ0n) is 17.5. The standard InChI is InChI=1S/C20H34N4O3/c1-7-21-19(23-13-12-22-18(25)20(2,3)4)24(5)14-15-27-17-10-8-16(26-6)9-11-17/h8-11H,7,12-15H2,1-6H3,(H,21,23)(H,22,25). The fourth-order valence-electron chi connectivity index (χ4n) is 2.14. The van der Waals surface area contributed by atoms with Gasteiger partial charge < -0.3 is 25.0 Å². The smallest absolute Gasteiger partial charge is 0.225 e. The molecule has 7 nitrogen and oxygen atoms in total. The van der Waals surface area contributed by atoms with Crippen molar-refractivity contribution in [3.05, 3.63) is 24.3 Å². The molecule has 27 heavy (non-hydrogen) atoms. The number of rotatable bonds is 9. The van der Waals surface area contributed by atoms with Crippen molar-refractivity contribution in [3.63, 3.8) is 0 Å². The van der Waals surface area contributed by atoms with E-state index in [1.165, 1.54) is 0 Å². The number of methoxy groups -OCH3 is 1. The molecule has 152 valence electrons. The second-order valence-electron chi connectivity index (χ2n) is 7.19. The highest BCUT2D eigenvalue weighted by Crippen LogP contribution is 2.16. The first-order valence-corrected chi connectivity index (χ1v) is 9.32. The van der Waals surface area contributed by atoms with E-state index in [0.29, 0.717) is 26.2 Å². The fraction of sp³-hybridized carbons (Fsp3) is 0.600. The molecule has 0 saturated heterocycles. The molecule has 0 aliphatic rings. The summed E-state index contributed by atoms with van der Waals surface area (Å²) in [5.41, 5.74) is -0.385. The lowest BCUT2D eigenvalue weighted by Gasteiger charge is -2.22. The lowest BCUT2D eigenvalue weighted by Crippen LogP contribution is -2.41. The van der Waals surface area contributed by atoms with Crippen LogP contribution in [-0.4, -0.2) is 63.7 Å². The minimum atomic E-state index is -0.385. The molecule has 0 saturated carbocycles. The van der Waals surface area contributed by atoms with Crippen molar-refractivity contribution in [2.45, 2.75) is 27.7 Å². The molecule has 0 spiro atoms. The van der Waals surface area contributed by atoms with Gasteiger partial charge in [-0.25, -0.2) is 0 Å². The highest BCUT2D eigenvalue weighted by atomic mass is 16.5. The minimum absolute atomic E-state index is 0.0314. The van der Waals surface area contributed by atoms with Crippen molar-refractivity contribution >= 4 is 11.9 Å². The Hall–Kier alpha value is -2.44. The number of carbonyl (C=O) groups is 1. The quantitative estimate of drug-likeness (QED) is 0.391. The molecule has 2 N–H and O–H groups in total. The van der Waals surface area contributed by atoms with Gasteiger partial charge in [0.05, 0.1) is 20.2 Å². The maximum absolute atomic E-state index is 11.9. The molecule has 0 aliphatic carbocycles. The Kier molecular flexibility index (Phi) is 9.47. The van der Waals surface area contributed by atoms with E-state index in [2.05, 4.69) is 15.6 Å². The summed E-state index contributed by atoms with van der Waals surface area (Å²) < 4.78 is 10.9. The second-order valence-corrected chi connectivity index (χ2v) is 7.19. The van der Waals surface area contributed by atoms with E-state index >= 15 is 0 Å². The van der Waals surface area contributed by atoms with Crippen LogP contribution in [0.2, 0.25) is 0 Å². The number of benzene rings is 1. The van der Waals surface area contributed by atoms with Crippen molar-refractivity contribution in [2.75, 3.05) is 46.9 Å². The number of guanidine groups is 1. The molecule has 0 atom stereocenters. The average Bonchev–Trinajstić information content (AvgIpc) is 2.63. The maximum Gasteiger partial charge on any atom is 0.225 e. The van der Waals surface area contributed by atoms with Crippen LogP contribution in [0.15, 0.2) is 29.3 Å². The Morgan fingerprint density at radius 1 is 1.15 bits per heavy atom. The third kappa shape index (κ3) is 8.66. The Labute approximate surface area is 163 Å². The van der Waals surface area contributed by atoms with E-state index in [1.807, 2.05) is 63.9 Å². The number of likely N-dealkylation sites (N-methyl/N-ethyl adjacent to an activating group) is 1. The Balaban J connectivity index is 2.44. The van der Waals surface area contributed by atoms with E-state index in [1.54, 1.807) is 7.11 Å². The van der Waals surface area contributed by atoms with Crippen LogP contribution in [0.25, 0.3) is 0 Å². The van der Waals surface area contributed by atoms with Crippen molar-refractivity contribution in [1.29, 1.82) is 0 Å². The second kappa shape index (κ2) is 11.3. The molecular formula is C20H34N4O3. The lowest BCUT2D eigenvalue weighted by molar-refractivity contribution is -0.128. The van der Waals surface area contributed by atoms with Crippen LogP contribution in [0.3, 0.4) is 0 Å². The molecule has 0 bridgehead atoms. The topological polar surface area (TPSA) is 75.2 Å². The maximum atomic E-state index is 11.9. The third-order valence-electron chi connectivity index (χ3n) is 3.79. The number of nitrogens with one attached hydrogen (secondary N) is 2. The van der Waals surface area contributed by atoms with Crippen LogP contribution >= 0.6 is 0 Å². The Bertz CT molecular complexity index is 594. The molecule has 1 aromatic rings.